The summed E-state index contributed by atoms with van der Waals surface area (Å²) in [5, 5.41) is 12.2. The van der Waals surface area contributed by atoms with Crippen LogP contribution in [0.1, 0.15) is 23.7 Å². The number of aryl methyl sites for hydroxylation is 1. The van der Waals surface area contributed by atoms with Crippen molar-refractivity contribution in [1.82, 2.24) is 5.16 Å². The molecule has 1 atom stereocenters. The molecule has 72 valence electrons. The molecule has 1 unspecified atom stereocenters. The summed E-state index contributed by atoms with van der Waals surface area (Å²) in [4.78, 5) is 10.5. The van der Waals surface area contributed by atoms with Crippen molar-refractivity contribution in [3.05, 3.63) is 17.5 Å². The van der Waals surface area contributed by atoms with Crippen LogP contribution in [-0.4, -0.2) is 22.8 Å². The van der Waals surface area contributed by atoms with E-state index in [-0.39, 0.29) is 18.9 Å². The summed E-state index contributed by atoms with van der Waals surface area (Å²) >= 11 is 0. The van der Waals surface area contributed by atoms with Gasteiger partial charge in [0.1, 0.15) is 5.76 Å². The Morgan fingerprint density at radius 2 is 2.54 bits per heavy atom. The third-order valence-electron chi connectivity index (χ3n) is 1.93. The van der Waals surface area contributed by atoms with Crippen LogP contribution < -0.4 is 5.73 Å². The minimum Gasteiger partial charge on any atom is -0.481 e. The third-order valence-corrected chi connectivity index (χ3v) is 1.93. The molecule has 0 aromatic carbocycles. The van der Waals surface area contributed by atoms with Crippen molar-refractivity contribution in [2.75, 3.05) is 6.54 Å². The van der Waals surface area contributed by atoms with E-state index in [1.807, 2.05) is 0 Å². The van der Waals surface area contributed by atoms with E-state index in [4.69, 9.17) is 15.4 Å². The van der Waals surface area contributed by atoms with Crippen molar-refractivity contribution in [2.45, 2.75) is 19.3 Å². The number of rotatable bonds is 4. The van der Waals surface area contributed by atoms with Gasteiger partial charge in [-0.1, -0.05) is 5.16 Å². The van der Waals surface area contributed by atoms with Crippen molar-refractivity contribution in [3.63, 3.8) is 0 Å². The van der Waals surface area contributed by atoms with Gasteiger partial charge in [-0.05, 0) is 13.5 Å². The van der Waals surface area contributed by atoms with E-state index in [2.05, 4.69) is 5.16 Å². The summed E-state index contributed by atoms with van der Waals surface area (Å²) in [6, 6.07) is 0. The molecule has 0 fully saturated rings. The highest BCUT2D eigenvalue weighted by atomic mass is 16.5. The van der Waals surface area contributed by atoms with E-state index in [9.17, 15) is 4.79 Å². The van der Waals surface area contributed by atoms with Crippen LogP contribution in [-0.2, 0) is 4.79 Å². The molecule has 1 rings (SSSR count). The maximum absolute atomic E-state index is 10.5. The number of aliphatic carboxylic acids is 1. The minimum absolute atomic E-state index is 0.0125. The Balaban J connectivity index is 2.78. The van der Waals surface area contributed by atoms with Gasteiger partial charge in [-0.3, -0.25) is 4.79 Å². The molecule has 0 radical (unpaired) electrons. The third kappa shape index (κ3) is 2.29. The molecule has 0 amide bonds. The fraction of sp³-hybridized carbons (Fsp3) is 0.500. The predicted molar refractivity (Wildman–Crippen MR) is 45.3 cm³/mol. The van der Waals surface area contributed by atoms with Crippen LogP contribution in [0.5, 0.6) is 0 Å². The van der Waals surface area contributed by atoms with Gasteiger partial charge in [-0.25, -0.2) is 0 Å². The number of hydrogen-bond donors (Lipinski definition) is 2. The SMILES string of the molecule is Cc1oncc1C(CN)CC(=O)O. The fourth-order valence-corrected chi connectivity index (χ4v) is 1.23. The predicted octanol–water partition coefficient (Wildman–Crippen LogP) is 0.500. The van der Waals surface area contributed by atoms with E-state index >= 15 is 0 Å². The largest absolute Gasteiger partial charge is 0.481 e. The van der Waals surface area contributed by atoms with Gasteiger partial charge in [0.2, 0.25) is 0 Å². The Bertz CT molecular complexity index is 295. The number of carbonyl (C=O) groups is 1. The molecular formula is C8H12N2O3. The maximum Gasteiger partial charge on any atom is 0.304 e. The first-order valence-electron chi connectivity index (χ1n) is 3.98. The maximum atomic E-state index is 10.5. The molecule has 5 nitrogen and oxygen atoms in total. The summed E-state index contributed by atoms with van der Waals surface area (Å²) in [5.41, 5.74) is 6.23. The second-order valence-electron chi connectivity index (χ2n) is 2.87. The number of hydrogen-bond acceptors (Lipinski definition) is 4. The van der Waals surface area contributed by atoms with Crippen LogP contribution >= 0.6 is 0 Å². The van der Waals surface area contributed by atoms with E-state index in [1.54, 1.807) is 6.92 Å². The van der Waals surface area contributed by atoms with Crippen molar-refractivity contribution in [3.8, 4) is 0 Å². The highest BCUT2D eigenvalue weighted by Gasteiger charge is 2.18. The van der Waals surface area contributed by atoms with Crippen molar-refractivity contribution in [1.29, 1.82) is 0 Å². The summed E-state index contributed by atoms with van der Waals surface area (Å²) in [5.74, 6) is -0.434. The summed E-state index contributed by atoms with van der Waals surface area (Å²) in [7, 11) is 0. The van der Waals surface area contributed by atoms with Crippen LogP contribution in [0.3, 0.4) is 0 Å². The zero-order chi connectivity index (χ0) is 9.84. The fourth-order valence-electron chi connectivity index (χ4n) is 1.23. The van der Waals surface area contributed by atoms with Gasteiger partial charge in [0.25, 0.3) is 0 Å². The quantitative estimate of drug-likeness (QED) is 0.711. The Kier molecular flexibility index (Phi) is 3.02. The molecule has 1 heterocycles. The lowest BCUT2D eigenvalue weighted by Gasteiger charge is -2.09. The monoisotopic (exact) mass is 184 g/mol. The first-order chi connectivity index (χ1) is 6.15. The molecule has 0 aliphatic carbocycles. The van der Waals surface area contributed by atoms with Crippen molar-refractivity contribution < 1.29 is 14.4 Å². The summed E-state index contributed by atoms with van der Waals surface area (Å²) in [6.45, 7) is 2.03. The molecule has 0 saturated carbocycles. The van der Waals surface area contributed by atoms with Crippen LogP contribution in [0, 0.1) is 6.92 Å². The average molecular weight is 184 g/mol. The molecular weight excluding hydrogens is 172 g/mol. The van der Waals surface area contributed by atoms with Gasteiger partial charge in [0, 0.05) is 11.5 Å². The van der Waals surface area contributed by atoms with Gasteiger partial charge in [-0.15, -0.1) is 0 Å². The molecule has 0 spiro atoms. The van der Waals surface area contributed by atoms with Crippen LogP contribution in [0.2, 0.25) is 0 Å². The summed E-state index contributed by atoms with van der Waals surface area (Å²) in [6.07, 6.45) is 1.54. The number of nitrogens with two attached hydrogens (primary N) is 1. The molecule has 3 N–H and O–H groups in total. The number of carboxylic acids is 1. The zero-order valence-electron chi connectivity index (χ0n) is 7.36. The van der Waals surface area contributed by atoms with Gasteiger partial charge >= 0.3 is 5.97 Å². The number of carboxylic acid groups (broad SMARTS) is 1. The Hall–Kier alpha value is -1.36. The zero-order valence-corrected chi connectivity index (χ0v) is 7.36. The van der Waals surface area contributed by atoms with Crippen molar-refractivity contribution in [2.24, 2.45) is 5.73 Å². The van der Waals surface area contributed by atoms with E-state index in [0.717, 1.165) is 5.56 Å². The van der Waals surface area contributed by atoms with E-state index < -0.39 is 5.97 Å². The second-order valence-corrected chi connectivity index (χ2v) is 2.87. The Morgan fingerprint density at radius 1 is 1.85 bits per heavy atom. The van der Waals surface area contributed by atoms with Gasteiger partial charge in [-0.2, -0.15) is 0 Å². The van der Waals surface area contributed by atoms with Crippen LogP contribution in [0.4, 0.5) is 0 Å². The molecule has 0 saturated heterocycles. The molecule has 1 aromatic heterocycles. The lowest BCUT2D eigenvalue weighted by atomic mass is 9.97. The van der Waals surface area contributed by atoms with Crippen LogP contribution in [0.15, 0.2) is 10.7 Å². The van der Waals surface area contributed by atoms with Gasteiger partial charge in [0.15, 0.2) is 0 Å². The summed E-state index contributed by atoms with van der Waals surface area (Å²) < 4.78 is 4.83. The molecule has 13 heavy (non-hydrogen) atoms. The topological polar surface area (TPSA) is 89.4 Å². The average Bonchev–Trinajstić information content (AvgIpc) is 2.47. The normalized spacial score (nSPS) is 12.8. The Labute approximate surface area is 75.5 Å². The number of nitrogens with zero attached hydrogens (tertiary/aromatic N) is 1. The van der Waals surface area contributed by atoms with E-state index in [0.29, 0.717) is 5.76 Å². The highest BCUT2D eigenvalue weighted by molar-refractivity contribution is 5.68. The first-order valence-corrected chi connectivity index (χ1v) is 3.98. The standard InChI is InChI=1S/C8H12N2O3/c1-5-7(4-10-13-5)6(3-9)2-8(11)12/h4,6H,2-3,9H2,1H3,(H,11,12). The van der Waals surface area contributed by atoms with E-state index in [1.165, 1.54) is 6.20 Å². The molecule has 0 aliphatic heterocycles. The molecule has 1 aromatic rings. The van der Waals surface area contributed by atoms with Gasteiger partial charge in [0.05, 0.1) is 12.6 Å². The first kappa shape index (κ1) is 9.73. The lowest BCUT2D eigenvalue weighted by molar-refractivity contribution is -0.137. The van der Waals surface area contributed by atoms with Gasteiger partial charge < -0.3 is 15.4 Å². The molecule has 5 heteroatoms. The molecule has 0 aliphatic rings. The van der Waals surface area contributed by atoms with Crippen LogP contribution in [0.25, 0.3) is 0 Å². The highest BCUT2D eigenvalue weighted by Crippen LogP contribution is 2.21. The van der Waals surface area contributed by atoms with Crippen molar-refractivity contribution >= 4 is 5.97 Å². The lowest BCUT2D eigenvalue weighted by Crippen LogP contribution is -2.16. The Morgan fingerprint density at radius 3 is 2.92 bits per heavy atom. The molecule has 0 bridgehead atoms. The smallest absolute Gasteiger partial charge is 0.304 e. The second kappa shape index (κ2) is 4.04. The number of aromatic nitrogens is 1. The minimum atomic E-state index is -0.865.